The molecule has 0 amide bonds. The van der Waals surface area contributed by atoms with Crippen LogP contribution in [0.4, 0.5) is 0 Å². The molecule has 6 heteroatoms. The van der Waals surface area contributed by atoms with Crippen LogP contribution in [0.3, 0.4) is 0 Å². The highest BCUT2D eigenvalue weighted by Gasteiger charge is 2.06. The SMILES string of the molecule is N#CNS(=O)(=O)CCCCCl. The first-order chi connectivity index (χ1) is 5.12. The Labute approximate surface area is 71.2 Å². The average molecular weight is 197 g/mol. The number of halogens is 1. The Morgan fingerprint density at radius 2 is 2.09 bits per heavy atom. The second kappa shape index (κ2) is 5.22. The number of nitrogens with one attached hydrogen (secondary N) is 1. The topological polar surface area (TPSA) is 70.0 Å². The summed E-state index contributed by atoms with van der Waals surface area (Å²) in [5.41, 5.74) is 0. The highest BCUT2D eigenvalue weighted by Crippen LogP contribution is 1.95. The number of unbranched alkanes of at least 4 members (excludes halogenated alkanes) is 1. The third-order valence-corrected chi connectivity index (χ3v) is 2.49. The van der Waals surface area contributed by atoms with Crippen LogP contribution in [0.25, 0.3) is 0 Å². The molecule has 0 heterocycles. The maximum atomic E-state index is 10.7. The summed E-state index contributed by atoms with van der Waals surface area (Å²) in [6, 6.07) is 0. The second-order valence-corrected chi connectivity index (χ2v) is 4.15. The molecule has 64 valence electrons. The molecule has 0 unspecified atom stereocenters. The Kier molecular flexibility index (Phi) is 4.99. The van der Waals surface area contributed by atoms with Gasteiger partial charge in [-0.05, 0) is 12.8 Å². The molecule has 0 atom stereocenters. The van der Waals surface area contributed by atoms with Gasteiger partial charge in [0, 0.05) is 5.88 Å². The van der Waals surface area contributed by atoms with Crippen LogP contribution in [0.15, 0.2) is 0 Å². The quantitative estimate of drug-likeness (QED) is 0.300. The van der Waals surface area contributed by atoms with Crippen molar-refractivity contribution in [1.82, 2.24) is 4.72 Å². The van der Waals surface area contributed by atoms with Gasteiger partial charge in [-0.15, -0.1) is 11.6 Å². The zero-order chi connectivity index (χ0) is 8.74. The normalized spacial score (nSPS) is 10.5. The maximum Gasteiger partial charge on any atom is 0.240 e. The monoisotopic (exact) mass is 196 g/mol. The fourth-order valence-electron chi connectivity index (χ4n) is 0.507. The van der Waals surface area contributed by atoms with E-state index in [0.29, 0.717) is 18.7 Å². The van der Waals surface area contributed by atoms with Gasteiger partial charge in [-0.25, -0.2) is 13.1 Å². The summed E-state index contributed by atoms with van der Waals surface area (Å²) >= 11 is 5.33. The minimum Gasteiger partial charge on any atom is -0.219 e. The molecule has 0 aromatic rings. The maximum absolute atomic E-state index is 10.7. The van der Waals surface area contributed by atoms with Crippen LogP contribution in [0.5, 0.6) is 0 Å². The van der Waals surface area contributed by atoms with Gasteiger partial charge in [0.05, 0.1) is 5.75 Å². The molecule has 0 rings (SSSR count). The van der Waals surface area contributed by atoms with E-state index in [1.807, 2.05) is 0 Å². The van der Waals surface area contributed by atoms with E-state index in [9.17, 15) is 8.42 Å². The smallest absolute Gasteiger partial charge is 0.219 e. The summed E-state index contributed by atoms with van der Waals surface area (Å²) in [6.45, 7) is 0. The predicted octanol–water partition coefficient (Wildman–Crippen LogP) is 0.406. The zero-order valence-corrected chi connectivity index (χ0v) is 7.45. The number of nitrogens with zero attached hydrogens (tertiary/aromatic N) is 1. The van der Waals surface area contributed by atoms with E-state index < -0.39 is 10.0 Å². The van der Waals surface area contributed by atoms with Crippen LogP contribution in [-0.2, 0) is 10.0 Å². The standard InChI is InChI=1S/C5H9ClN2O2S/c6-3-1-2-4-11(9,10)8-5-7/h8H,1-4H2. The average Bonchev–Trinajstić information content (AvgIpc) is 1.87. The summed E-state index contributed by atoms with van der Waals surface area (Å²) in [5, 5.41) is 7.99. The van der Waals surface area contributed by atoms with Crippen molar-refractivity contribution in [2.24, 2.45) is 0 Å². The highest BCUT2D eigenvalue weighted by atomic mass is 35.5. The van der Waals surface area contributed by atoms with Crippen LogP contribution in [-0.4, -0.2) is 20.1 Å². The summed E-state index contributed by atoms with van der Waals surface area (Å²) in [4.78, 5) is 0. The van der Waals surface area contributed by atoms with Gasteiger partial charge in [0.15, 0.2) is 6.19 Å². The molecule has 0 aromatic carbocycles. The van der Waals surface area contributed by atoms with Gasteiger partial charge in [-0.2, -0.15) is 5.26 Å². The van der Waals surface area contributed by atoms with E-state index in [1.165, 1.54) is 6.19 Å². The van der Waals surface area contributed by atoms with Gasteiger partial charge < -0.3 is 0 Å². The lowest BCUT2D eigenvalue weighted by Gasteiger charge is -1.98. The molecule has 0 spiro atoms. The summed E-state index contributed by atoms with van der Waals surface area (Å²) in [6.07, 6.45) is 2.50. The Bertz CT molecular complexity index is 231. The fourth-order valence-corrected chi connectivity index (χ4v) is 1.52. The molecule has 0 radical (unpaired) electrons. The summed E-state index contributed by atoms with van der Waals surface area (Å²) in [7, 11) is -3.37. The van der Waals surface area contributed by atoms with Crippen molar-refractivity contribution in [1.29, 1.82) is 5.26 Å². The van der Waals surface area contributed by atoms with Gasteiger partial charge in [-0.1, -0.05) is 0 Å². The largest absolute Gasteiger partial charge is 0.240 e. The third kappa shape index (κ3) is 5.95. The number of nitriles is 1. The van der Waals surface area contributed by atoms with Crippen molar-refractivity contribution in [3.63, 3.8) is 0 Å². The molecule has 0 aliphatic carbocycles. The van der Waals surface area contributed by atoms with Gasteiger partial charge in [0.25, 0.3) is 0 Å². The van der Waals surface area contributed by atoms with E-state index in [1.54, 1.807) is 4.72 Å². The zero-order valence-electron chi connectivity index (χ0n) is 5.88. The first-order valence-electron chi connectivity index (χ1n) is 3.07. The molecule has 0 saturated carbocycles. The van der Waals surface area contributed by atoms with Crippen LogP contribution in [0.1, 0.15) is 12.8 Å². The molecule has 0 saturated heterocycles. The van der Waals surface area contributed by atoms with Crippen molar-refractivity contribution in [3.05, 3.63) is 0 Å². The predicted molar refractivity (Wildman–Crippen MR) is 42.5 cm³/mol. The molecule has 0 bridgehead atoms. The van der Waals surface area contributed by atoms with Gasteiger partial charge in [0.2, 0.25) is 10.0 Å². The summed E-state index contributed by atoms with van der Waals surface area (Å²) < 4.78 is 23.2. The highest BCUT2D eigenvalue weighted by molar-refractivity contribution is 7.89. The van der Waals surface area contributed by atoms with E-state index in [-0.39, 0.29) is 5.75 Å². The molecule has 1 N–H and O–H groups in total. The lowest BCUT2D eigenvalue weighted by atomic mass is 10.4. The second-order valence-electron chi connectivity index (χ2n) is 1.93. The lowest BCUT2D eigenvalue weighted by molar-refractivity contribution is 0.588. The summed E-state index contributed by atoms with van der Waals surface area (Å²) in [5.74, 6) is 0.412. The number of alkyl halides is 1. The molecular formula is C5H9ClN2O2S. The first-order valence-corrected chi connectivity index (χ1v) is 5.25. The number of sulfonamides is 1. The van der Waals surface area contributed by atoms with E-state index in [4.69, 9.17) is 16.9 Å². The van der Waals surface area contributed by atoms with Crippen molar-refractivity contribution >= 4 is 21.6 Å². The van der Waals surface area contributed by atoms with Crippen LogP contribution in [0, 0.1) is 11.5 Å². The molecular weight excluding hydrogens is 188 g/mol. The molecule has 4 nitrogen and oxygen atoms in total. The molecule has 0 aliphatic heterocycles. The van der Waals surface area contributed by atoms with Gasteiger partial charge in [0.1, 0.15) is 0 Å². The molecule has 11 heavy (non-hydrogen) atoms. The van der Waals surface area contributed by atoms with Crippen molar-refractivity contribution in [3.8, 4) is 6.19 Å². The molecule has 0 fully saturated rings. The van der Waals surface area contributed by atoms with Crippen molar-refractivity contribution < 1.29 is 8.42 Å². The lowest BCUT2D eigenvalue weighted by Crippen LogP contribution is -2.21. The van der Waals surface area contributed by atoms with Crippen LogP contribution in [0.2, 0.25) is 0 Å². The van der Waals surface area contributed by atoms with E-state index in [2.05, 4.69) is 0 Å². The Morgan fingerprint density at radius 3 is 2.55 bits per heavy atom. The number of hydrogen-bond donors (Lipinski definition) is 1. The Hall–Kier alpha value is -0.470. The Morgan fingerprint density at radius 1 is 1.45 bits per heavy atom. The van der Waals surface area contributed by atoms with Gasteiger partial charge in [-0.3, -0.25) is 0 Å². The fraction of sp³-hybridized carbons (Fsp3) is 0.800. The first kappa shape index (κ1) is 10.5. The minimum atomic E-state index is -3.37. The number of hydrogen-bond acceptors (Lipinski definition) is 3. The Balaban J connectivity index is 3.68. The minimum absolute atomic E-state index is 0.0344. The van der Waals surface area contributed by atoms with Crippen molar-refractivity contribution in [2.45, 2.75) is 12.8 Å². The van der Waals surface area contributed by atoms with Crippen LogP contribution < -0.4 is 4.72 Å². The van der Waals surface area contributed by atoms with Crippen LogP contribution >= 0.6 is 11.6 Å². The third-order valence-electron chi connectivity index (χ3n) is 0.998. The number of rotatable bonds is 5. The molecule has 0 aliphatic rings. The van der Waals surface area contributed by atoms with E-state index in [0.717, 1.165) is 0 Å². The van der Waals surface area contributed by atoms with Crippen molar-refractivity contribution in [2.75, 3.05) is 11.6 Å². The molecule has 0 aromatic heterocycles. The van der Waals surface area contributed by atoms with E-state index >= 15 is 0 Å². The van der Waals surface area contributed by atoms with Gasteiger partial charge >= 0.3 is 0 Å².